The van der Waals surface area contributed by atoms with Crippen molar-refractivity contribution in [2.75, 3.05) is 6.54 Å². The first kappa shape index (κ1) is 18.9. The van der Waals surface area contributed by atoms with Gasteiger partial charge in [-0.1, -0.05) is 66.3 Å². The van der Waals surface area contributed by atoms with Gasteiger partial charge >= 0.3 is 0 Å². The third-order valence-electron chi connectivity index (χ3n) is 4.94. The van der Waals surface area contributed by atoms with Crippen LogP contribution in [0.4, 0.5) is 4.39 Å². The van der Waals surface area contributed by atoms with Gasteiger partial charge in [-0.3, -0.25) is 0 Å². The van der Waals surface area contributed by atoms with E-state index in [0.29, 0.717) is 16.3 Å². The fraction of sp³-hybridized carbons (Fsp3) is 0.174. The van der Waals surface area contributed by atoms with Crippen LogP contribution >= 0.6 is 23.8 Å². The van der Waals surface area contributed by atoms with Crippen molar-refractivity contribution in [1.29, 1.82) is 0 Å². The van der Waals surface area contributed by atoms with Crippen molar-refractivity contribution in [3.05, 3.63) is 99.8 Å². The number of hydrogen-bond acceptors (Lipinski definition) is 2. The Balaban J connectivity index is 1.47. The Bertz CT molecular complexity index is 1000. The first-order valence-corrected chi connectivity index (χ1v) is 9.92. The van der Waals surface area contributed by atoms with Crippen molar-refractivity contribution in [3.63, 3.8) is 0 Å². The van der Waals surface area contributed by atoms with Crippen molar-refractivity contribution in [2.24, 2.45) is 0 Å². The number of fused-ring (bicyclic) bond motifs is 1. The van der Waals surface area contributed by atoms with Crippen molar-refractivity contribution >= 4 is 28.8 Å². The zero-order chi connectivity index (χ0) is 19.5. The van der Waals surface area contributed by atoms with Gasteiger partial charge in [0.25, 0.3) is 0 Å². The standard InChI is InChI=1S/C23H19ClFNOS/c24-21-9-4-10-22(25)20(21)15-27-19-8-3-7-17(13-19)23(28)26-12-11-16-5-1-2-6-18(16)14-26/h1-10,13H,11-12,14-15H2. The Kier molecular flexibility index (Phi) is 5.60. The van der Waals surface area contributed by atoms with Gasteiger partial charge in [-0.15, -0.1) is 0 Å². The Morgan fingerprint density at radius 2 is 1.82 bits per heavy atom. The molecule has 3 aromatic carbocycles. The fourth-order valence-corrected chi connectivity index (χ4v) is 3.90. The minimum absolute atomic E-state index is 0.0683. The maximum Gasteiger partial charge on any atom is 0.131 e. The molecule has 0 aromatic heterocycles. The van der Waals surface area contributed by atoms with Gasteiger partial charge in [-0.05, 0) is 41.8 Å². The topological polar surface area (TPSA) is 12.5 Å². The summed E-state index contributed by atoms with van der Waals surface area (Å²) in [6.45, 7) is 1.77. The molecule has 28 heavy (non-hydrogen) atoms. The molecule has 1 heterocycles. The van der Waals surface area contributed by atoms with Crippen LogP contribution in [0.25, 0.3) is 0 Å². The lowest BCUT2D eigenvalue weighted by Crippen LogP contribution is -2.35. The van der Waals surface area contributed by atoms with Gasteiger partial charge < -0.3 is 9.64 Å². The zero-order valence-corrected chi connectivity index (χ0v) is 16.8. The van der Waals surface area contributed by atoms with Gasteiger partial charge in [0.2, 0.25) is 0 Å². The highest BCUT2D eigenvalue weighted by Crippen LogP contribution is 2.24. The molecular weight excluding hydrogens is 393 g/mol. The highest BCUT2D eigenvalue weighted by molar-refractivity contribution is 7.80. The highest BCUT2D eigenvalue weighted by atomic mass is 35.5. The number of ether oxygens (including phenoxy) is 1. The smallest absolute Gasteiger partial charge is 0.131 e. The van der Waals surface area contributed by atoms with E-state index in [9.17, 15) is 4.39 Å². The monoisotopic (exact) mass is 411 g/mol. The Morgan fingerprint density at radius 3 is 2.64 bits per heavy atom. The largest absolute Gasteiger partial charge is 0.489 e. The third-order valence-corrected chi connectivity index (χ3v) is 5.79. The van der Waals surface area contributed by atoms with E-state index >= 15 is 0 Å². The summed E-state index contributed by atoms with van der Waals surface area (Å²) in [6.07, 6.45) is 0.984. The molecule has 0 N–H and O–H groups in total. The second kappa shape index (κ2) is 8.29. The molecule has 0 atom stereocenters. The lowest BCUT2D eigenvalue weighted by molar-refractivity contribution is 0.300. The molecule has 0 aliphatic carbocycles. The number of rotatable bonds is 4. The van der Waals surface area contributed by atoms with Crippen LogP contribution in [-0.2, 0) is 19.6 Å². The molecule has 1 aliphatic rings. The maximum absolute atomic E-state index is 13.9. The van der Waals surface area contributed by atoms with Gasteiger partial charge in [-0.2, -0.15) is 0 Å². The summed E-state index contributed by atoms with van der Waals surface area (Å²) in [6, 6.07) is 20.7. The summed E-state index contributed by atoms with van der Waals surface area (Å²) in [4.78, 5) is 3.01. The summed E-state index contributed by atoms with van der Waals surface area (Å²) in [5, 5.41) is 0.360. The predicted octanol–water partition coefficient (Wildman–Crippen LogP) is 5.79. The summed E-state index contributed by atoms with van der Waals surface area (Å²) in [5.41, 5.74) is 3.98. The van der Waals surface area contributed by atoms with E-state index in [-0.39, 0.29) is 12.4 Å². The lowest BCUT2D eigenvalue weighted by Gasteiger charge is -2.31. The number of hydrogen-bond donors (Lipinski definition) is 0. The van der Waals surface area contributed by atoms with Crippen LogP contribution in [0, 0.1) is 5.82 Å². The van der Waals surface area contributed by atoms with Crippen LogP contribution < -0.4 is 4.74 Å². The molecule has 0 spiro atoms. The molecule has 0 saturated carbocycles. The molecule has 4 rings (SSSR count). The Labute approximate surface area is 174 Å². The second-order valence-corrected chi connectivity index (χ2v) is 7.56. The molecule has 1 aliphatic heterocycles. The van der Waals surface area contributed by atoms with Crippen molar-refractivity contribution in [1.82, 2.24) is 4.90 Å². The molecular formula is C23H19ClFNOS. The van der Waals surface area contributed by atoms with Gasteiger partial charge in [0.05, 0.1) is 5.02 Å². The van der Waals surface area contributed by atoms with Crippen molar-refractivity contribution in [2.45, 2.75) is 19.6 Å². The SMILES string of the molecule is Fc1cccc(Cl)c1COc1cccc(C(=S)N2CCc3ccccc3C2)c1. The Hall–Kier alpha value is -2.43. The maximum atomic E-state index is 13.9. The van der Waals surface area contributed by atoms with Crippen molar-refractivity contribution in [3.8, 4) is 5.75 Å². The minimum atomic E-state index is -0.369. The van der Waals surface area contributed by atoms with Crippen LogP contribution in [0.5, 0.6) is 5.75 Å². The molecule has 0 bridgehead atoms. The molecule has 142 valence electrons. The number of halogens is 2. The van der Waals surface area contributed by atoms with E-state index in [1.165, 1.54) is 17.2 Å². The molecule has 0 radical (unpaired) electrons. The van der Waals surface area contributed by atoms with E-state index in [2.05, 4.69) is 29.2 Å². The summed E-state index contributed by atoms with van der Waals surface area (Å²) >= 11 is 11.8. The van der Waals surface area contributed by atoms with Gasteiger partial charge in [-0.25, -0.2) is 4.39 Å². The van der Waals surface area contributed by atoms with Gasteiger partial charge in [0.1, 0.15) is 23.2 Å². The van der Waals surface area contributed by atoms with Crippen LogP contribution in [-0.4, -0.2) is 16.4 Å². The molecule has 5 heteroatoms. The lowest BCUT2D eigenvalue weighted by atomic mass is 9.99. The fourth-order valence-electron chi connectivity index (χ4n) is 3.40. The highest BCUT2D eigenvalue weighted by Gasteiger charge is 2.19. The van der Waals surface area contributed by atoms with E-state index < -0.39 is 0 Å². The average Bonchev–Trinajstić information content (AvgIpc) is 2.73. The van der Waals surface area contributed by atoms with E-state index in [1.54, 1.807) is 12.1 Å². The van der Waals surface area contributed by atoms with Crippen LogP contribution in [0.1, 0.15) is 22.3 Å². The Morgan fingerprint density at radius 1 is 1.04 bits per heavy atom. The first-order chi connectivity index (χ1) is 13.6. The molecule has 3 aromatic rings. The quantitative estimate of drug-likeness (QED) is 0.504. The molecule has 2 nitrogen and oxygen atoms in total. The molecule has 0 fully saturated rings. The first-order valence-electron chi connectivity index (χ1n) is 9.13. The molecule has 0 amide bonds. The van der Waals surface area contributed by atoms with Crippen LogP contribution in [0.15, 0.2) is 66.7 Å². The number of nitrogens with zero attached hydrogens (tertiary/aromatic N) is 1. The molecule has 0 saturated heterocycles. The summed E-state index contributed by atoms with van der Waals surface area (Å²) in [7, 11) is 0. The predicted molar refractivity (Wildman–Crippen MR) is 114 cm³/mol. The van der Waals surface area contributed by atoms with Crippen LogP contribution in [0.2, 0.25) is 5.02 Å². The minimum Gasteiger partial charge on any atom is -0.489 e. The zero-order valence-electron chi connectivity index (χ0n) is 15.2. The second-order valence-electron chi connectivity index (χ2n) is 6.76. The normalized spacial score (nSPS) is 13.1. The summed E-state index contributed by atoms with van der Waals surface area (Å²) in [5.74, 6) is 0.266. The van der Waals surface area contributed by atoms with Gasteiger partial charge in [0.15, 0.2) is 0 Å². The van der Waals surface area contributed by atoms with Crippen molar-refractivity contribution < 1.29 is 9.13 Å². The van der Waals surface area contributed by atoms with E-state index in [0.717, 1.165) is 30.1 Å². The van der Waals surface area contributed by atoms with E-state index in [1.807, 2.05) is 24.3 Å². The van der Waals surface area contributed by atoms with Gasteiger partial charge in [0, 0.05) is 24.2 Å². The number of thiocarbonyl (C=S) groups is 1. The molecule has 0 unspecified atom stereocenters. The van der Waals surface area contributed by atoms with E-state index in [4.69, 9.17) is 28.6 Å². The third kappa shape index (κ3) is 4.03. The summed E-state index contributed by atoms with van der Waals surface area (Å²) < 4.78 is 19.7. The van der Waals surface area contributed by atoms with Crippen LogP contribution in [0.3, 0.4) is 0 Å². The number of benzene rings is 3. The average molecular weight is 412 g/mol.